The number of nitro groups is 1. The summed E-state index contributed by atoms with van der Waals surface area (Å²) < 4.78 is 34.2. The van der Waals surface area contributed by atoms with Gasteiger partial charge in [0.2, 0.25) is 11.8 Å². The van der Waals surface area contributed by atoms with E-state index in [0.717, 1.165) is 47.2 Å². The van der Waals surface area contributed by atoms with Crippen LogP contribution in [0.1, 0.15) is 35.2 Å². The zero-order valence-electron chi connectivity index (χ0n) is 29.6. The van der Waals surface area contributed by atoms with Gasteiger partial charge in [0.15, 0.2) is 0 Å². The first-order valence-electron chi connectivity index (χ1n) is 16.9. The molecule has 13 nitrogen and oxygen atoms in total. The van der Waals surface area contributed by atoms with Crippen molar-refractivity contribution in [2.75, 3.05) is 45.4 Å². The third kappa shape index (κ3) is 10.1. The topological polar surface area (TPSA) is 168 Å². The normalized spacial score (nSPS) is 13.0. The number of methoxy groups -OCH3 is 1. The molecule has 0 aliphatic carbocycles. The fraction of sp³-hybridized carbons (Fsp3) is 0.289. The van der Waals surface area contributed by atoms with E-state index in [4.69, 9.17) is 4.74 Å². The van der Waals surface area contributed by atoms with Crippen molar-refractivity contribution in [3.63, 3.8) is 0 Å². The van der Waals surface area contributed by atoms with Crippen molar-refractivity contribution in [2.45, 2.75) is 41.5 Å². The number of nitro benzene ring substituents is 1. The SMILES string of the molecule is COc1cc(CCC(=O)N2CCC2)ccc1-c1ccc(C(=O)NS(=O)(=O)c2ccc(N[C@@H](CSc3ccccc3)CC(=O)N(C)C)c([N+](=O)[O-])c2)cc1. The Kier molecular flexibility index (Phi) is 12.7. The molecule has 1 heterocycles. The highest BCUT2D eigenvalue weighted by molar-refractivity contribution is 7.99. The molecule has 1 aliphatic heterocycles. The van der Waals surface area contributed by atoms with Crippen molar-refractivity contribution in [3.05, 3.63) is 112 Å². The van der Waals surface area contributed by atoms with E-state index in [1.165, 1.54) is 40.9 Å². The van der Waals surface area contributed by atoms with Crippen LogP contribution in [0.3, 0.4) is 0 Å². The highest BCUT2D eigenvalue weighted by Crippen LogP contribution is 2.33. The molecule has 4 aromatic carbocycles. The molecule has 3 amide bonds. The predicted molar refractivity (Wildman–Crippen MR) is 204 cm³/mol. The molecule has 1 aliphatic rings. The summed E-state index contributed by atoms with van der Waals surface area (Å²) in [7, 11) is 0.258. The highest BCUT2D eigenvalue weighted by atomic mass is 32.2. The Morgan fingerprint density at radius 3 is 2.32 bits per heavy atom. The minimum atomic E-state index is -4.52. The Hall–Kier alpha value is -5.41. The van der Waals surface area contributed by atoms with Crippen LogP contribution in [0.5, 0.6) is 5.75 Å². The fourth-order valence-corrected chi connectivity index (χ4v) is 7.51. The standard InChI is InChI=1S/C38H41N5O8S2/c1-41(2)37(45)23-29(25-52-30-8-5-4-6-9-30)39-33-18-16-31(24-34(33)43(47)48)53(49,50)40-38(46)28-14-12-27(13-15-28)32-17-10-26(22-35(32)51-3)11-19-36(44)42-20-7-21-42/h4-6,8-10,12-18,22,24,29,39H,7,11,19-21,23,25H2,1-3H3,(H,40,46)/t29-/m1/s1. The van der Waals surface area contributed by atoms with Crippen molar-refractivity contribution in [2.24, 2.45) is 0 Å². The number of aryl methyl sites for hydroxylation is 1. The summed E-state index contributed by atoms with van der Waals surface area (Å²) in [5, 5.41) is 15.2. The molecule has 15 heteroatoms. The maximum atomic E-state index is 13.3. The van der Waals surface area contributed by atoms with E-state index in [-0.39, 0.29) is 29.5 Å². The smallest absolute Gasteiger partial charge is 0.293 e. The number of rotatable bonds is 16. The number of likely N-dealkylation sites (tertiary alicyclic amines) is 1. The summed E-state index contributed by atoms with van der Waals surface area (Å²) in [6, 6.07) is 24.2. The number of ether oxygens (including phenoxy) is 1. The van der Waals surface area contributed by atoms with Crippen LogP contribution in [-0.4, -0.2) is 87.0 Å². The molecule has 5 rings (SSSR count). The Labute approximate surface area is 312 Å². The lowest BCUT2D eigenvalue weighted by atomic mass is 9.99. The van der Waals surface area contributed by atoms with Gasteiger partial charge in [-0.3, -0.25) is 24.5 Å². The maximum absolute atomic E-state index is 13.3. The summed E-state index contributed by atoms with van der Waals surface area (Å²) in [5.41, 5.74) is 1.97. The lowest BCUT2D eigenvalue weighted by Crippen LogP contribution is -2.42. The summed E-state index contributed by atoms with van der Waals surface area (Å²) in [4.78, 5) is 53.1. The number of nitrogens with one attached hydrogen (secondary N) is 2. The maximum Gasteiger partial charge on any atom is 0.293 e. The van der Waals surface area contributed by atoms with Crippen molar-refractivity contribution in [1.82, 2.24) is 14.5 Å². The van der Waals surface area contributed by atoms with Crippen molar-refractivity contribution in [3.8, 4) is 16.9 Å². The molecule has 4 aromatic rings. The van der Waals surface area contributed by atoms with Crippen LogP contribution in [-0.2, 0) is 26.0 Å². The van der Waals surface area contributed by atoms with Crippen molar-refractivity contribution >= 4 is 50.9 Å². The first-order valence-corrected chi connectivity index (χ1v) is 19.4. The molecular weight excluding hydrogens is 719 g/mol. The number of hydrogen-bond donors (Lipinski definition) is 2. The zero-order valence-corrected chi connectivity index (χ0v) is 31.2. The Morgan fingerprint density at radius 1 is 0.981 bits per heavy atom. The molecule has 0 spiro atoms. The number of carbonyl (C=O) groups excluding carboxylic acids is 3. The van der Waals surface area contributed by atoms with Crippen LogP contribution in [0, 0.1) is 10.1 Å². The van der Waals surface area contributed by atoms with E-state index < -0.39 is 37.5 Å². The van der Waals surface area contributed by atoms with Crippen molar-refractivity contribution in [1.29, 1.82) is 0 Å². The van der Waals surface area contributed by atoms with Gasteiger partial charge in [0.05, 0.1) is 16.9 Å². The van der Waals surface area contributed by atoms with E-state index in [1.54, 1.807) is 33.3 Å². The number of amides is 3. The van der Waals surface area contributed by atoms with E-state index in [2.05, 4.69) is 5.32 Å². The second kappa shape index (κ2) is 17.4. The second-order valence-electron chi connectivity index (χ2n) is 12.7. The molecule has 2 N–H and O–H groups in total. The third-order valence-corrected chi connectivity index (χ3v) is 11.2. The summed E-state index contributed by atoms with van der Waals surface area (Å²) in [6.07, 6.45) is 2.07. The van der Waals surface area contributed by atoms with Crippen LogP contribution in [0.4, 0.5) is 11.4 Å². The van der Waals surface area contributed by atoms with Gasteiger partial charge in [0.1, 0.15) is 11.4 Å². The van der Waals surface area contributed by atoms with Crippen molar-refractivity contribution < 1.29 is 32.5 Å². The lowest BCUT2D eigenvalue weighted by Gasteiger charge is -2.30. The zero-order chi connectivity index (χ0) is 38.1. The summed E-state index contributed by atoms with van der Waals surface area (Å²) in [5.74, 6) is 0.0109. The molecule has 1 atom stereocenters. The van der Waals surface area contributed by atoms with E-state index >= 15 is 0 Å². The molecule has 0 radical (unpaired) electrons. The number of hydrogen-bond acceptors (Lipinski definition) is 10. The molecule has 0 unspecified atom stereocenters. The molecule has 0 bridgehead atoms. The lowest BCUT2D eigenvalue weighted by molar-refractivity contribution is -0.384. The average Bonchev–Trinajstić information content (AvgIpc) is 3.12. The van der Waals surface area contributed by atoms with Crippen LogP contribution in [0.2, 0.25) is 0 Å². The van der Waals surface area contributed by atoms with Gasteiger partial charge in [-0.15, -0.1) is 11.8 Å². The first-order chi connectivity index (χ1) is 25.3. The number of thioether (sulfide) groups is 1. The number of benzene rings is 4. The minimum Gasteiger partial charge on any atom is -0.496 e. The molecule has 1 saturated heterocycles. The minimum absolute atomic E-state index is 0.0321. The van der Waals surface area contributed by atoms with Crippen LogP contribution in [0.15, 0.2) is 101 Å². The van der Waals surface area contributed by atoms with Gasteiger partial charge in [-0.1, -0.05) is 42.5 Å². The van der Waals surface area contributed by atoms with Gasteiger partial charge in [0.25, 0.3) is 21.6 Å². The van der Waals surface area contributed by atoms with Crippen LogP contribution >= 0.6 is 11.8 Å². The Morgan fingerprint density at radius 2 is 1.70 bits per heavy atom. The van der Waals surface area contributed by atoms with Gasteiger partial charge in [-0.2, -0.15) is 0 Å². The van der Waals surface area contributed by atoms with Gasteiger partial charge in [0, 0.05) is 73.9 Å². The molecule has 278 valence electrons. The van der Waals surface area contributed by atoms with Gasteiger partial charge in [-0.05, 0) is 66.4 Å². The third-order valence-electron chi connectivity index (χ3n) is 8.74. The van der Waals surface area contributed by atoms with E-state index in [9.17, 15) is 32.9 Å². The van der Waals surface area contributed by atoms with E-state index in [0.29, 0.717) is 24.3 Å². The number of nitrogens with zero attached hydrogens (tertiary/aromatic N) is 3. The average molecular weight is 760 g/mol. The molecule has 53 heavy (non-hydrogen) atoms. The molecule has 0 aromatic heterocycles. The first kappa shape index (κ1) is 38.8. The van der Waals surface area contributed by atoms with Gasteiger partial charge in [-0.25, -0.2) is 13.1 Å². The monoisotopic (exact) mass is 759 g/mol. The Bertz CT molecular complexity index is 2070. The number of carbonyl (C=O) groups is 3. The van der Waals surface area contributed by atoms with Crippen LogP contribution in [0.25, 0.3) is 11.1 Å². The second-order valence-corrected chi connectivity index (χ2v) is 15.5. The quantitative estimate of drug-likeness (QED) is 0.0833. The number of sulfonamides is 1. The predicted octanol–water partition coefficient (Wildman–Crippen LogP) is 5.61. The molecule has 0 saturated carbocycles. The fourth-order valence-electron chi connectivity index (χ4n) is 5.58. The number of anilines is 1. The summed E-state index contributed by atoms with van der Waals surface area (Å²) in [6.45, 7) is 1.62. The van der Waals surface area contributed by atoms with Crippen LogP contribution < -0.4 is 14.8 Å². The highest BCUT2D eigenvalue weighted by Gasteiger charge is 2.26. The molecule has 1 fully saturated rings. The van der Waals surface area contributed by atoms with E-state index in [1.807, 2.05) is 58.2 Å². The van der Waals surface area contributed by atoms with Gasteiger partial charge < -0.3 is 19.9 Å². The van der Waals surface area contributed by atoms with Gasteiger partial charge >= 0.3 is 0 Å². The molecular formula is C38H41N5O8S2. The Balaban J connectivity index is 1.27. The largest absolute Gasteiger partial charge is 0.496 e. The summed E-state index contributed by atoms with van der Waals surface area (Å²) >= 11 is 1.47.